The molecule has 1 aliphatic rings. The minimum atomic E-state index is -0.562. The van der Waals surface area contributed by atoms with Crippen LogP contribution in [0.4, 0.5) is 5.69 Å². The second kappa shape index (κ2) is 8.46. The number of amides is 1. The van der Waals surface area contributed by atoms with Crippen molar-refractivity contribution in [1.29, 1.82) is 0 Å². The standard InChI is InChI=1S/C19H16ClN3O5S/c1-27-16-8-12(15(23(25)26)9-17(16)28-2)7-14-18(24)22(19(29)21-14)10-11-5-3-4-6-13(11)20/h3-9H,10H2,1-2H3,(H,21,29)/b14-7-. The molecule has 10 heteroatoms. The molecule has 1 N–H and O–H groups in total. The van der Waals surface area contributed by atoms with Crippen LogP contribution in [0.15, 0.2) is 42.1 Å². The molecule has 0 aromatic heterocycles. The molecule has 2 aromatic rings. The molecule has 0 spiro atoms. The molecule has 0 saturated carbocycles. The lowest BCUT2D eigenvalue weighted by molar-refractivity contribution is -0.385. The molecule has 0 unspecified atom stereocenters. The molecule has 3 rings (SSSR count). The van der Waals surface area contributed by atoms with E-state index in [1.165, 1.54) is 37.3 Å². The maximum Gasteiger partial charge on any atom is 0.280 e. The van der Waals surface area contributed by atoms with E-state index in [9.17, 15) is 14.9 Å². The van der Waals surface area contributed by atoms with Crippen LogP contribution >= 0.6 is 23.8 Å². The summed E-state index contributed by atoms with van der Waals surface area (Å²) in [5, 5.41) is 15.0. The normalized spacial score (nSPS) is 14.9. The van der Waals surface area contributed by atoms with E-state index in [0.29, 0.717) is 10.8 Å². The van der Waals surface area contributed by atoms with E-state index in [-0.39, 0.29) is 34.4 Å². The third-order valence-corrected chi connectivity index (χ3v) is 4.97. The zero-order chi connectivity index (χ0) is 21.1. The average Bonchev–Trinajstić information content (AvgIpc) is 2.96. The topological polar surface area (TPSA) is 93.9 Å². The molecule has 29 heavy (non-hydrogen) atoms. The van der Waals surface area contributed by atoms with E-state index >= 15 is 0 Å². The van der Waals surface area contributed by atoms with Gasteiger partial charge in [0.05, 0.1) is 37.3 Å². The van der Waals surface area contributed by atoms with E-state index in [0.717, 1.165) is 5.56 Å². The Kier molecular flexibility index (Phi) is 6.00. The zero-order valence-corrected chi connectivity index (χ0v) is 17.0. The van der Waals surface area contributed by atoms with Gasteiger partial charge in [0.2, 0.25) is 0 Å². The van der Waals surface area contributed by atoms with Crippen molar-refractivity contribution in [3.05, 3.63) is 68.4 Å². The van der Waals surface area contributed by atoms with Gasteiger partial charge in [-0.05, 0) is 36.0 Å². The fourth-order valence-electron chi connectivity index (χ4n) is 2.83. The Morgan fingerprint density at radius 3 is 2.52 bits per heavy atom. The Morgan fingerprint density at radius 1 is 1.24 bits per heavy atom. The molecular weight excluding hydrogens is 418 g/mol. The monoisotopic (exact) mass is 433 g/mol. The molecule has 1 fully saturated rings. The number of carbonyl (C=O) groups excluding carboxylic acids is 1. The van der Waals surface area contributed by atoms with Gasteiger partial charge < -0.3 is 14.8 Å². The molecule has 0 atom stereocenters. The Bertz CT molecular complexity index is 1040. The van der Waals surface area contributed by atoms with Crippen LogP contribution in [-0.4, -0.2) is 35.1 Å². The fraction of sp³-hybridized carbons (Fsp3) is 0.158. The smallest absolute Gasteiger partial charge is 0.280 e. The van der Waals surface area contributed by atoms with Crippen molar-refractivity contribution >= 4 is 46.6 Å². The Labute approximate surface area is 176 Å². The van der Waals surface area contributed by atoms with E-state index < -0.39 is 10.8 Å². The quantitative estimate of drug-likeness (QED) is 0.322. The van der Waals surface area contributed by atoms with Crippen molar-refractivity contribution in [2.75, 3.05) is 14.2 Å². The van der Waals surface area contributed by atoms with E-state index in [2.05, 4.69) is 5.32 Å². The van der Waals surface area contributed by atoms with Gasteiger partial charge in [-0.1, -0.05) is 29.8 Å². The highest BCUT2D eigenvalue weighted by atomic mass is 35.5. The largest absolute Gasteiger partial charge is 0.493 e. The summed E-state index contributed by atoms with van der Waals surface area (Å²) in [5.74, 6) is 0.0906. The Hall–Kier alpha value is -3.17. The second-order valence-electron chi connectivity index (χ2n) is 5.99. The van der Waals surface area contributed by atoms with Crippen molar-refractivity contribution in [3.63, 3.8) is 0 Å². The van der Waals surface area contributed by atoms with Crippen LogP contribution in [0.5, 0.6) is 11.5 Å². The first-order chi connectivity index (χ1) is 13.8. The summed E-state index contributed by atoms with van der Waals surface area (Å²) in [7, 11) is 2.80. The Morgan fingerprint density at radius 2 is 1.90 bits per heavy atom. The summed E-state index contributed by atoms with van der Waals surface area (Å²) in [5.41, 5.74) is 0.772. The number of carbonyl (C=O) groups is 1. The second-order valence-corrected chi connectivity index (χ2v) is 6.79. The molecule has 2 aromatic carbocycles. The van der Waals surface area contributed by atoms with Crippen LogP contribution in [0, 0.1) is 10.1 Å². The van der Waals surface area contributed by atoms with Crippen molar-refractivity contribution in [3.8, 4) is 11.5 Å². The van der Waals surface area contributed by atoms with Crippen molar-refractivity contribution in [2.24, 2.45) is 0 Å². The molecule has 1 aliphatic heterocycles. The van der Waals surface area contributed by atoms with Crippen LogP contribution in [0.25, 0.3) is 6.08 Å². The van der Waals surface area contributed by atoms with Gasteiger partial charge in [0.1, 0.15) is 5.70 Å². The number of ether oxygens (including phenoxy) is 2. The molecular formula is C19H16ClN3O5S. The van der Waals surface area contributed by atoms with E-state index in [1.54, 1.807) is 18.2 Å². The summed E-state index contributed by atoms with van der Waals surface area (Å²) in [6, 6.07) is 9.78. The van der Waals surface area contributed by atoms with Crippen LogP contribution in [-0.2, 0) is 11.3 Å². The highest BCUT2D eigenvalue weighted by molar-refractivity contribution is 7.80. The van der Waals surface area contributed by atoms with E-state index in [1.807, 2.05) is 6.07 Å². The molecule has 0 aliphatic carbocycles. The fourth-order valence-corrected chi connectivity index (χ4v) is 3.28. The Balaban J connectivity index is 1.97. The summed E-state index contributed by atoms with van der Waals surface area (Å²) in [6.07, 6.45) is 1.36. The predicted octanol–water partition coefficient (Wildman–Crippen LogP) is 3.52. The van der Waals surface area contributed by atoms with Crippen LogP contribution in [0.1, 0.15) is 11.1 Å². The van der Waals surface area contributed by atoms with Gasteiger partial charge in [0.25, 0.3) is 11.6 Å². The van der Waals surface area contributed by atoms with Gasteiger partial charge in [0.15, 0.2) is 16.6 Å². The number of hydrogen-bond acceptors (Lipinski definition) is 6. The van der Waals surface area contributed by atoms with Crippen LogP contribution in [0.2, 0.25) is 5.02 Å². The van der Waals surface area contributed by atoms with Crippen LogP contribution < -0.4 is 14.8 Å². The number of thiocarbonyl (C=S) groups is 1. The van der Waals surface area contributed by atoms with Gasteiger partial charge in [-0.15, -0.1) is 0 Å². The number of hydrogen-bond donors (Lipinski definition) is 1. The summed E-state index contributed by atoms with van der Waals surface area (Å²) < 4.78 is 10.3. The molecule has 0 bridgehead atoms. The lowest BCUT2D eigenvalue weighted by atomic mass is 10.1. The number of methoxy groups -OCH3 is 2. The lowest BCUT2D eigenvalue weighted by Crippen LogP contribution is -2.30. The third-order valence-electron chi connectivity index (χ3n) is 4.28. The van der Waals surface area contributed by atoms with Gasteiger partial charge in [-0.3, -0.25) is 19.8 Å². The number of rotatable bonds is 6. The van der Waals surface area contributed by atoms with Crippen molar-refractivity contribution in [1.82, 2.24) is 10.2 Å². The SMILES string of the molecule is COc1cc(/C=C2\NC(=S)N(Cc3ccccc3Cl)C2=O)c([N+](=O)[O-])cc1OC. The average molecular weight is 434 g/mol. The van der Waals surface area contributed by atoms with E-state index in [4.69, 9.17) is 33.3 Å². The number of nitrogens with zero attached hydrogens (tertiary/aromatic N) is 2. The maximum atomic E-state index is 12.8. The summed E-state index contributed by atoms with van der Waals surface area (Å²) in [4.78, 5) is 25.1. The van der Waals surface area contributed by atoms with Gasteiger partial charge in [0, 0.05) is 5.02 Å². The molecule has 8 nitrogen and oxygen atoms in total. The van der Waals surface area contributed by atoms with Crippen molar-refractivity contribution in [2.45, 2.75) is 6.54 Å². The van der Waals surface area contributed by atoms with Crippen LogP contribution in [0.3, 0.4) is 0 Å². The third kappa shape index (κ3) is 4.15. The number of halogens is 1. The number of nitro benzene ring substituents is 1. The first-order valence-corrected chi connectivity index (χ1v) is 9.12. The number of nitrogens with one attached hydrogen (secondary N) is 1. The molecule has 150 valence electrons. The predicted molar refractivity (Wildman–Crippen MR) is 112 cm³/mol. The summed E-state index contributed by atoms with van der Waals surface area (Å²) >= 11 is 11.4. The first kappa shape index (κ1) is 20.6. The minimum absolute atomic E-state index is 0.109. The van der Waals surface area contributed by atoms with Gasteiger partial charge in [-0.25, -0.2) is 0 Å². The molecule has 1 saturated heterocycles. The first-order valence-electron chi connectivity index (χ1n) is 8.34. The molecule has 0 radical (unpaired) electrons. The molecule has 1 amide bonds. The van der Waals surface area contributed by atoms with Gasteiger partial charge in [-0.2, -0.15) is 0 Å². The van der Waals surface area contributed by atoms with Gasteiger partial charge >= 0.3 is 0 Å². The highest BCUT2D eigenvalue weighted by Crippen LogP contribution is 2.36. The summed E-state index contributed by atoms with van der Waals surface area (Å²) in [6.45, 7) is 0.176. The number of benzene rings is 2. The highest BCUT2D eigenvalue weighted by Gasteiger charge is 2.32. The molecule has 1 heterocycles. The number of nitro groups is 1. The maximum absolute atomic E-state index is 12.8. The zero-order valence-electron chi connectivity index (χ0n) is 15.5. The lowest BCUT2D eigenvalue weighted by Gasteiger charge is -2.14. The minimum Gasteiger partial charge on any atom is -0.493 e. The van der Waals surface area contributed by atoms with Crippen molar-refractivity contribution < 1.29 is 19.2 Å².